The van der Waals surface area contributed by atoms with E-state index in [4.69, 9.17) is 4.74 Å². The normalized spacial score (nSPS) is 13.5. The average Bonchev–Trinajstić information content (AvgIpc) is 2.23. The van der Waals surface area contributed by atoms with Crippen LogP contribution >= 0.6 is 0 Å². The molecule has 0 amide bonds. The Kier molecular flexibility index (Phi) is 6.53. The number of aliphatic hydroxyl groups excluding tert-OH is 2. The summed E-state index contributed by atoms with van der Waals surface area (Å²) in [5.74, 6) is 0. The van der Waals surface area contributed by atoms with Crippen LogP contribution in [-0.4, -0.2) is 36.1 Å². The molecule has 16 heavy (non-hydrogen) atoms. The molecule has 0 aromatic carbocycles. The smallest absolute Gasteiger partial charge is 0.0720 e. The topological polar surface area (TPSA) is 49.7 Å². The Hall–Kier alpha value is -0.120. The average molecular weight is 232 g/mol. The highest BCUT2D eigenvalue weighted by molar-refractivity contribution is 4.89. The van der Waals surface area contributed by atoms with Crippen molar-refractivity contribution >= 4 is 0 Å². The van der Waals surface area contributed by atoms with Crippen molar-refractivity contribution in [3.8, 4) is 0 Å². The fraction of sp³-hybridized carbons (Fsp3) is 1.00. The minimum absolute atomic E-state index is 0.0627. The molecular formula is C13H28O3. The van der Waals surface area contributed by atoms with Gasteiger partial charge in [-0.15, -0.1) is 0 Å². The molecule has 0 aromatic heterocycles. The Morgan fingerprint density at radius 1 is 1.00 bits per heavy atom. The Balaban J connectivity index is 4.64. The maximum absolute atomic E-state index is 9.42. The molecule has 0 fully saturated rings. The zero-order chi connectivity index (χ0) is 12.8. The third-order valence-corrected chi connectivity index (χ3v) is 3.02. The summed E-state index contributed by atoms with van der Waals surface area (Å²) >= 11 is 0. The summed E-state index contributed by atoms with van der Waals surface area (Å²) < 4.78 is 5.87. The van der Waals surface area contributed by atoms with Gasteiger partial charge in [0.2, 0.25) is 0 Å². The lowest BCUT2D eigenvalue weighted by atomic mass is 9.72. The maximum atomic E-state index is 9.42. The first-order valence-electron chi connectivity index (χ1n) is 6.15. The highest BCUT2D eigenvalue weighted by atomic mass is 16.5. The van der Waals surface area contributed by atoms with E-state index in [9.17, 15) is 10.2 Å². The van der Waals surface area contributed by atoms with E-state index < -0.39 is 0 Å². The quantitative estimate of drug-likeness (QED) is 0.631. The number of hydrogen-bond donors (Lipinski definition) is 2. The van der Waals surface area contributed by atoms with E-state index in [1.165, 1.54) is 0 Å². The van der Waals surface area contributed by atoms with Crippen molar-refractivity contribution in [1.29, 1.82) is 0 Å². The molecule has 0 bridgehead atoms. The van der Waals surface area contributed by atoms with E-state index in [0.29, 0.717) is 6.61 Å². The van der Waals surface area contributed by atoms with Gasteiger partial charge in [-0.1, -0.05) is 41.0 Å². The molecule has 3 heteroatoms. The zero-order valence-electron chi connectivity index (χ0n) is 11.4. The first-order chi connectivity index (χ1) is 7.31. The number of aliphatic hydroxyl groups is 2. The van der Waals surface area contributed by atoms with E-state index >= 15 is 0 Å². The molecule has 2 N–H and O–H groups in total. The molecule has 3 nitrogen and oxygen atoms in total. The highest BCUT2D eigenvalue weighted by Gasteiger charge is 2.41. The molecule has 0 atom stereocenters. The number of ether oxygens (including phenoxy) is 1. The van der Waals surface area contributed by atoms with E-state index in [1.54, 1.807) is 0 Å². The Labute approximate surface area is 99.8 Å². The molecule has 0 aromatic rings. The summed E-state index contributed by atoms with van der Waals surface area (Å²) in [5, 5.41) is 18.8. The molecule has 0 aliphatic carbocycles. The van der Waals surface area contributed by atoms with Gasteiger partial charge in [-0.2, -0.15) is 0 Å². The van der Waals surface area contributed by atoms with Gasteiger partial charge in [-0.25, -0.2) is 0 Å². The largest absolute Gasteiger partial charge is 0.396 e. The number of rotatable bonds is 8. The third-order valence-electron chi connectivity index (χ3n) is 3.02. The van der Waals surface area contributed by atoms with Crippen molar-refractivity contribution in [3.05, 3.63) is 0 Å². The van der Waals surface area contributed by atoms with Crippen LogP contribution in [0.4, 0.5) is 0 Å². The lowest BCUT2D eigenvalue weighted by Crippen LogP contribution is -2.47. The van der Waals surface area contributed by atoms with Gasteiger partial charge in [0.05, 0.1) is 19.3 Å². The van der Waals surface area contributed by atoms with Crippen LogP contribution in [0.15, 0.2) is 0 Å². The predicted octanol–water partition coefficient (Wildman–Crippen LogP) is 2.21. The standard InChI is InChI=1S/C13H28O3/c1-6-7-8-16-11(12(2,3)9-14)13(4,5)10-15/h11,14-15H,6-10H2,1-5H3. The monoisotopic (exact) mass is 232 g/mol. The lowest BCUT2D eigenvalue weighted by Gasteiger charge is -2.42. The van der Waals surface area contributed by atoms with Gasteiger partial charge in [0.1, 0.15) is 0 Å². The van der Waals surface area contributed by atoms with Gasteiger partial charge in [-0.05, 0) is 6.42 Å². The van der Waals surface area contributed by atoms with Crippen LogP contribution in [0.25, 0.3) is 0 Å². The fourth-order valence-corrected chi connectivity index (χ4v) is 2.02. The van der Waals surface area contributed by atoms with Crippen molar-refractivity contribution in [2.45, 2.75) is 53.6 Å². The summed E-state index contributed by atoms with van der Waals surface area (Å²) in [6.07, 6.45) is 1.97. The summed E-state index contributed by atoms with van der Waals surface area (Å²) in [6, 6.07) is 0. The van der Waals surface area contributed by atoms with Crippen molar-refractivity contribution in [2.75, 3.05) is 19.8 Å². The van der Waals surface area contributed by atoms with Gasteiger partial charge >= 0.3 is 0 Å². The minimum atomic E-state index is -0.333. The van der Waals surface area contributed by atoms with Crippen LogP contribution in [0.1, 0.15) is 47.5 Å². The second-order valence-electron chi connectivity index (χ2n) is 5.90. The van der Waals surface area contributed by atoms with Crippen molar-refractivity contribution in [2.24, 2.45) is 10.8 Å². The van der Waals surface area contributed by atoms with Gasteiger partial charge in [0, 0.05) is 17.4 Å². The van der Waals surface area contributed by atoms with Gasteiger partial charge in [0.25, 0.3) is 0 Å². The maximum Gasteiger partial charge on any atom is 0.0720 e. The van der Waals surface area contributed by atoms with Gasteiger partial charge in [-0.3, -0.25) is 0 Å². The van der Waals surface area contributed by atoms with Crippen LogP contribution in [0, 0.1) is 10.8 Å². The van der Waals surface area contributed by atoms with Crippen molar-refractivity contribution in [1.82, 2.24) is 0 Å². The molecule has 0 spiro atoms. The van der Waals surface area contributed by atoms with Crippen LogP contribution in [-0.2, 0) is 4.74 Å². The number of unbranched alkanes of at least 4 members (excludes halogenated alkanes) is 1. The van der Waals surface area contributed by atoms with Crippen molar-refractivity contribution in [3.63, 3.8) is 0 Å². The molecule has 0 saturated heterocycles. The van der Waals surface area contributed by atoms with Crippen LogP contribution in [0.5, 0.6) is 0 Å². The van der Waals surface area contributed by atoms with Crippen LogP contribution in [0.2, 0.25) is 0 Å². The fourth-order valence-electron chi connectivity index (χ4n) is 2.02. The summed E-state index contributed by atoms with van der Waals surface area (Å²) in [5.41, 5.74) is -0.667. The van der Waals surface area contributed by atoms with Gasteiger partial charge in [0.15, 0.2) is 0 Å². The number of hydrogen-bond acceptors (Lipinski definition) is 3. The summed E-state index contributed by atoms with van der Waals surface area (Å²) in [7, 11) is 0. The molecule has 98 valence electrons. The Bertz CT molecular complexity index is 172. The summed E-state index contributed by atoms with van der Waals surface area (Å²) in [6.45, 7) is 10.8. The second-order valence-corrected chi connectivity index (χ2v) is 5.90. The SMILES string of the molecule is CCCCOC(C(C)(C)CO)C(C)(C)CO. The first kappa shape index (κ1) is 15.9. The molecule has 0 aliphatic rings. The van der Waals surface area contributed by atoms with Crippen LogP contribution < -0.4 is 0 Å². The van der Waals surface area contributed by atoms with E-state index in [0.717, 1.165) is 12.8 Å². The van der Waals surface area contributed by atoms with E-state index in [-0.39, 0.29) is 30.1 Å². The molecular weight excluding hydrogens is 204 g/mol. The lowest BCUT2D eigenvalue weighted by molar-refractivity contribution is -0.124. The Morgan fingerprint density at radius 3 is 1.75 bits per heavy atom. The second kappa shape index (κ2) is 6.58. The first-order valence-corrected chi connectivity index (χ1v) is 6.15. The molecule has 0 rings (SSSR count). The van der Waals surface area contributed by atoms with Gasteiger partial charge < -0.3 is 14.9 Å². The molecule has 0 saturated carbocycles. The van der Waals surface area contributed by atoms with Crippen molar-refractivity contribution < 1.29 is 14.9 Å². The highest BCUT2D eigenvalue weighted by Crippen LogP contribution is 2.36. The Morgan fingerprint density at radius 2 is 1.44 bits per heavy atom. The van der Waals surface area contributed by atoms with E-state index in [2.05, 4.69) is 6.92 Å². The molecule has 0 aliphatic heterocycles. The van der Waals surface area contributed by atoms with Crippen LogP contribution in [0.3, 0.4) is 0 Å². The molecule has 0 unspecified atom stereocenters. The van der Waals surface area contributed by atoms with E-state index in [1.807, 2.05) is 27.7 Å². The summed E-state index contributed by atoms with van der Waals surface area (Å²) in [4.78, 5) is 0. The zero-order valence-corrected chi connectivity index (χ0v) is 11.4. The molecule has 0 heterocycles. The third kappa shape index (κ3) is 4.40. The molecule has 0 radical (unpaired) electrons. The minimum Gasteiger partial charge on any atom is -0.396 e. The predicted molar refractivity (Wildman–Crippen MR) is 66.4 cm³/mol.